The number of carbonyl (C=O) groups excluding carboxylic acids is 1. The Morgan fingerprint density at radius 3 is 2.92 bits per heavy atom. The number of hydrogen-bond donors (Lipinski definition) is 1. The molecule has 2 aliphatic rings. The Hall–Kier alpha value is -2.17. The Bertz CT molecular complexity index is 788. The molecule has 138 valence electrons. The summed E-state index contributed by atoms with van der Waals surface area (Å²) in [5.74, 6) is 2.87. The predicted octanol–water partition coefficient (Wildman–Crippen LogP) is 4.35. The van der Waals surface area contributed by atoms with Crippen LogP contribution >= 0.6 is 0 Å². The van der Waals surface area contributed by atoms with Gasteiger partial charge in [0.25, 0.3) is 0 Å². The second-order valence-corrected chi connectivity index (χ2v) is 7.79. The van der Waals surface area contributed by atoms with E-state index in [9.17, 15) is 9.18 Å². The summed E-state index contributed by atoms with van der Waals surface area (Å²) in [4.78, 5) is 16.5. The summed E-state index contributed by atoms with van der Waals surface area (Å²) in [6, 6.07) is 6.67. The van der Waals surface area contributed by atoms with Crippen molar-refractivity contribution in [2.24, 2.45) is 17.8 Å². The van der Waals surface area contributed by atoms with E-state index in [1.165, 1.54) is 37.9 Å². The van der Waals surface area contributed by atoms with Crippen molar-refractivity contribution in [3.63, 3.8) is 0 Å². The summed E-state index contributed by atoms with van der Waals surface area (Å²) in [5, 5.41) is 3.16. The molecular weight excluding hydrogens is 331 g/mol. The molecule has 0 aliphatic heterocycles. The topological polar surface area (TPSA) is 55.1 Å². The zero-order valence-electron chi connectivity index (χ0n) is 15.1. The molecular formula is C21H25FN2O2. The summed E-state index contributed by atoms with van der Waals surface area (Å²) < 4.78 is 19.4. The molecule has 1 aromatic carbocycles. The van der Waals surface area contributed by atoms with Gasteiger partial charge in [0.1, 0.15) is 5.82 Å². The van der Waals surface area contributed by atoms with E-state index in [-0.39, 0.29) is 17.8 Å². The highest BCUT2D eigenvalue weighted by atomic mass is 19.1. The van der Waals surface area contributed by atoms with E-state index < -0.39 is 0 Å². The van der Waals surface area contributed by atoms with E-state index in [1.54, 1.807) is 18.2 Å². The first-order valence-corrected chi connectivity index (χ1v) is 9.59. The average Bonchev–Trinajstić information content (AvgIpc) is 3.37. The molecule has 26 heavy (non-hydrogen) atoms. The quantitative estimate of drug-likeness (QED) is 0.837. The standard InChI is InChI=1S/C21H25FN2O2/c1-13(17-11-14-6-7-15(17)10-14)24-20(25)8-9-21-23-12-19(26-21)16-4-2-3-5-18(16)22/h2-5,12-15,17H,6-11H2,1H3,(H,24,25). The molecule has 4 nitrogen and oxygen atoms in total. The number of benzene rings is 1. The van der Waals surface area contributed by atoms with Crippen molar-refractivity contribution in [3.05, 3.63) is 42.2 Å². The molecule has 4 unspecified atom stereocenters. The molecule has 2 bridgehead atoms. The van der Waals surface area contributed by atoms with E-state index in [0.29, 0.717) is 36.0 Å². The largest absolute Gasteiger partial charge is 0.441 e. The van der Waals surface area contributed by atoms with Crippen LogP contribution in [-0.2, 0) is 11.2 Å². The monoisotopic (exact) mass is 356 g/mol. The highest BCUT2D eigenvalue weighted by Gasteiger charge is 2.42. The van der Waals surface area contributed by atoms with Gasteiger partial charge in [-0.25, -0.2) is 9.37 Å². The van der Waals surface area contributed by atoms with Crippen LogP contribution in [0, 0.1) is 23.6 Å². The third-order valence-corrected chi connectivity index (χ3v) is 6.08. The third-order valence-electron chi connectivity index (χ3n) is 6.08. The van der Waals surface area contributed by atoms with E-state index in [0.717, 1.165) is 11.8 Å². The summed E-state index contributed by atoms with van der Waals surface area (Å²) in [7, 11) is 0. The minimum atomic E-state index is -0.340. The van der Waals surface area contributed by atoms with Gasteiger partial charge in [0.05, 0.1) is 11.8 Å². The van der Waals surface area contributed by atoms with E-state index in [2.05, 4.69) is 17.2 Å². The molecule has 0 saturated heterocycles. The molecule has 2 aromatic rings. The molecule has 2 fully saturated rings. The number of amides is 1. The lowest BCUT2D eigenvalue weighted by atomic mass is 9.84. The van der Waals surface area contributed by atoms with Crippen molar-refractivity contribution in [2.75, 3.05) is 0 Å². The Morgan fingerprint density at radius 1 is 1.35 bits per heavy atom. The number of halogens is 1. The average molecular weight is 356 g/mol. The normalized spacial score (nSPS) is 25.4. The first-order valence-electron chi connectivity index (χ1n) is 9.59. The lowest BCUT2D eigenvalue weighted by molar-refractivity contribution is -0.122. The van der Waals surface area contributed by atoms with Gasteiger partial charge in [-0.05, 0) is 56.1 Å². The number of fused-ring (bicyclic) bond motifs is 2. The molecule has 1 heterocycles. The van der Waals surface area contributed by atoms with Crippen LogP contribution in [0.3, 0.4) is 0 Å². The maximum Gasteiger partial charge on any atom is 0.220 e. The number of nitrogens with zero attached hydrogens (tertiary/aromatic N) is 1. The lowest BCUT2D eigenvalue weighted by Crippen LogP contribution is -2.40. The molecule has 2 saturated carbocycles. The maximum atomic E-state index is 13.8. The van der Waals surface area contributed by atoms with Gasteiger partial charge >= 0.3 is 0 Å². The minimum absolute atomic E-state index is 0.0333. The van der Waals surface area contributed by atoms with Crippen molar-refractivity contribution in [1.29, 1.82) is 0 Å². The first kappa shape index (κ1) is 17.3. The van der Waals surface area contributed by atoms with Gasteiger partial charge in [-0.15, -0.1) is 0 Å². The number of aryl methyl sites for hydroxylation is 1. The van der Waals surface area contributed by atoms with E-state index >= 15 is 0 Å². The van der Waals surface area contributed by atoms with Gasteiger partial charge in [-0.2, -0.15) is 0 Å². The van der Waals surface area contributed by atoms with Gasteiger partial charge in [-0.1, -0.05) is 18.6 Å². The molecule has 5 heteroatoms. The Morgan fingerprint density at radius 2 is 2.19 bits per heavy atom. The van der Waals surface area contributed by atoms with Crippen LogP contribution in [0.1, 0.15) is 44.9 Å². The maximum absolute atomic E-state index is 13.8. The van der Waals surface area contributed by atoms with Crippen molar-refractivity contribution in [1.82, 2.24) is 10.3 Å². The number of hydrogen-bond acceptors (Lipinski definition) is 3. The van der Waals surface area contributed by atoms with Crippen LogP contribution in [-0.4, -0.2) is 16.9 Å². The number of aromatic nitrogens is 1. The van der Waals surface area contributed by atoms with Crippen LogP contribution < -0.4 is 5.32 Å². The van der Waals surface area contributed by atoms with Crippen molar-refractivity contribution >= 4 is 5.91 Å². The fourth-order valence-electron chi connectivity index (χ4n) is 4.77. The lowest BCUT2D eigenvalue weighted by Gasteiger charge is -2.28. The van der Waals surface area contributed by atoms with Gasteiger partial charge in [0.15, 0.2) is 11.7 Å². The van der Waals surface area contributed by atoms with Gasteiger partial charge in [-0.3, -0.25) is 4.79 Å². The highest BCUT2D eigenvalue weighted by Crippen LogP contribution is 2.49. The molecule has 1 N–H and O–H groups in total. The molecule has 2 aliphatic carbocycles. The number of rotatable bonds is 6. The molecule has 4 atom stereocenters. The Kier molecular flexibility index (Phi) is 4.79. The van der Waals surface area contributed by atoms with Crippen molar-refractivity contribution in [3.8, 4) is 11.3 Å². The summed E-state index contributed by atoms with van der Waals surface area (Å²) in [5.41, 5.74) is 0.389. The van der Waals surface area contributed by atoms with E-state index in [4.69, 9.17) is 4.42 Å². The van der Waals surface area contributed by atoms with Crippen LogP contribution in [0.5, 0.6) is 0 Å². The predicted molar refractivity (Wildman–Crippen MR) is 96.8 cm³/mol. The van der Waals surface area contributed by atoms with Gasteiger partial charge < -0.3 is 9.73 Å². The van der Waals surface area contributed by atoms with Crippen molar-refractivity contribution < 1.29 is 13.6 Å². The fraction of sp³-hybridized carbons (Fsp3) is 0.524. The van der Waals surface area contributed by atoms with Crippen LogP contribution in [0.2, 0.25) is 0 Å². The Balaban J connectivity index is 1.29. The van der Waals surface area contributed by atoms with Gasteiger partial charge in [0, 0.05) is 18.9 Å². The second kappa shape index (κ2) is 7.22. The molecule has 4 rings (SSSR count). The van der Waals surface area contributed by atoms with E-state index in [1.807, 2.05) is 0 Å². The van der Waals surface area contributed by atoms with Gasteiger partial charge in [0.2, 0.25) is 5.91 Å². The molecule has 1 amide bonds. The number of nitrogens with one attached hydrogen (secondary N) is 1. The zero-order chi connectivity index (χ0) is 18.1. The van der Waals surface area contributed by atoms with Crippen LogP contribution in [0.25, 0.3) is 11.3 Å². The van der Waals surface area contributed by atoms with Crippen molar-refractivity contribution in [2.45, 2.75) is 51.5 Å². The highest BCUT2D eigenvalue weighted by molar-refractivity contribution is 5.76. The second-order valence-electron chi connectivity index (χ2n) is 7.79. The minimum Gasteiger partial charge on any atom is -0.441 e. The number of oxazole rings is 1. The molecule has 0 radical (unpaired) electrons. The smallest absolute Gasteiger partial charge is 0.220 e. The SMILES string of the molecule is CC(NC(=O)CCc1ncc(-c2ccccc2F)o1)C1CC2CCC1C2. The first-order chi connectivity index (χ1) is 12.6. The van der Waals surface area contributed by atoms with Crippen LogP contribution in [0.4, 0.5) is 4.39 Å². The third kappa shape index (κ3) is 3.53. The number of carbonyl (C=O) groups is 1. The zero-order valence-corrected chi connectivity index (χ0v) is 15.1. The molecule has 0 spiro atoms. The summed E-state index contributed by atoms with van der Waals surface area (Å²) in [6.07, 6.45) is 7.58. The Labute approximate surface area is 153 Å². The summed E-state index contributed by atoms with van der Waals surface area (Å²) >= 11 is 0. The fourth-order valence-corrected chi connectivity index (χ4v) is 4.77. The summed E-state index contributed by atoms with van der Waals surface area (Å²) in [6.45, 7) is 2.13. The van der Waals surface area contributed by atoms with Crippen LogP contribution in [0.15, 0.2) is 34.9 Å². The molecule has 1 aromatic heterocycles.